The van der Waals surface area contributed by atoms with Gasteiger partial charge in [0.15, 0.2) is 0 Å². The Kier molecular flexibility index (Phi) is 5.37. The van der Waals surface area contributed by atoms with Gasteiger partial charge < -0.3 is 10.6 Å². The molecule has 4 nitrogen and oxygen atoms in total. The van der Waals surface area contributed by atoms with Crippen LogP contribution in [0, 0.1) is 20.8 Å². The van der Waals surface area contributed by atoms with Crippen molar-refractivity contribution in [2.45, 2.75) is 40.3 Å². The highest BCUT2D eigenvalue weighted by Crippen LogP contribution is 2.19. The Morgan fingerprint density at radius 2 is 2.00 bits per heavy atom. The molecule has 0 aromatic heterocycles. The van der Waals surface area contributed by atoms with Crippen LogP contribution in [0.5, 0.6) is 0 Å². The van der Waals surface area contributed by atoms with Crippen LogP contribution in [0.2, 0.25) is 0 Å². The van der Waals surface area contributed by atoms with E-state index in [4.69, 9.17) is 0 Å². The summed E-state index contributed by atoms with van der Waals surface area (Å²) in [4.78, 5) is 14.5. The van der Waals surface area contributed by atoms with Gasteiger partial charge in [-0.15, -0.1) is 0 Å². The molecular weight excluding hydrogens is 262 g/mol. The van der Waals surface area contributed by atoms with E-state index in [1.807, 2.05) is 6.92 Å². The average Bonchev–Trinajstić information content (AvgIpc) is 2.45. The summed E-state index contributed by atoms with van der Waals surface area (Å²) in [5.41, 5.74) is 5.29. The third-order valence-corrected chi connectivity index (χ3v) is 4.33. The lowest BCUT2D eigenvalue weighted by Gasteiger charge is -2.35. The minimum absolute atomic E-state index is 0.0697. The van der Waals surface area contributed by atoms with Gasteiger partial charge in [0.2, 0.25) is 5.91 Å². The van der Waals surface area contributed by atoms with Crippen LogP contribution in [0.1, 0.15) is 29.2 Å². The molecule has 21 heavy (non-hydrogen) atoms. The normalized spacial score (nSPS) is 19.5. The van der Waals surface area contributed by atoms with Gasteiger partial charge in [0.05, 0.1) is 0 Å². The molecule has 1 aromatic carbocycles. The van der Waals surface area contributed by atoms with Gasteiger partial charge in [0.25, 0.3) is 0 Å². The van der Waals surface area contributed by atoms with E-state index in [0.29, 0.717) is 6.54 Å². The Labute approximate surface area is 127 Å². The van der Waals surface area contributed by atoms with Gasteiger partial charge in [0, 0.05) is 32.7 Å². The summed E-state index contributed by atoms with van der Waals surface area (Å²) in [5, 5.41) is 6.27. The number of nitrogens with one attached hydrogen (secondary N) is 2. The van der Waals surface area contributed by atoms with Crippen molar-refractivity contribution in [1.82, 2.24) is 15.5 Å². The predicted molar refractivity (Wildman–Crippen MR) is 86.4 cm³/mol. The van der Waals surface area contributed by atoms with E-state index in [1.54, 1.807) is 0 Å². The van der Waals surface area contributed by atoms with Gasteiger partial charge >= 0.3 is 0 Å². The van der Waals surface area contributed by atoms with Gasteiger partial charge in [-0.2, -0.15) is 0 Å². The Hall–Kier alpha value is -1.39. The zero-order valence-corrected chi connectivity index (χ0v) is 13.6. The second kappa shape index (κ2) is 7.05. The summed E-state index contributed by atoms with van der Waals surface area (Å²) in [7, 11) is 0. The van der Waals surface area contributed by atoms with Crippen LogP contribution in [-0.2, 0) is 11.3 Å². The van der Waals surface area contributed by atoms with Crippen LogP contribution in [0.25, 0.3) is 0 Å². The van der Waals surface area contributed by atoms with Gasteiger partial charge in [-0.25, -0.2) is 0 Å². The SMILES string of the molecule is CCNC(=O)C1CNCCN1Cc1cc(C)c(C)cc1C. The van der Waals surface area contributed by atoms with E-state index >= 15 is 0 Å². The van der Waals surface area contributed by atoms with Crippen LogP contribution >= 0.6 is 0 Å². The molecule has 2 rings (SSSR count). The Bertz CT molecular complexity index is 513. The molecule has 0 aliphatic carbocycles. The molecule has 1 aliphatic rings. The first kappa shape index (κ1) is 16.0. The van der Waals surface area contributed by atoms with E-state index in [1.165, 1.54) is 22.3 Å². The number of amides is 1. The topological polar surface area (TPSA) is 44.4 Å². The van der Waals surface area contributed by atoms with Crippen LogP contribution < -0.4 is 10.6 Å². The molecule has 2 N–H and O–H groups in total. The first-order chi connectivity index (χ1) is 10.0. The van der Waals surface area contributed by atoms with E-state index in [-0.39, 0.29) is 11.9 Å². The lowest BCUT2D eigenvalue weighted by atomic mass is 9.99. The minimum atomic E-state index is -0.0697. The largest absolute Gasteiger partial charge is 0.355 e. The molecule has 0 bridgehead atoms. The van der Waals surface area contributed by atoms with E-state index in [9.17, 15) is 4.79 Å². The first-order valence-electron chi connectivity index (χ1n) is 7.82. The van der Waals surface area contributed by atoms with E-state index in [2.05, 4.69) is 48.4 Å². The third-order valence-electron chi connectivity index (χ3n) is 4.33. The average molecular weight is 289 g/mol. The predicted octanol–water partition coefficient (Wildman–Crippen LogP) is 1.52. The highest BCUT2D eigenvalue weighted by atomic mass is 16.2. The second-order valence-electron chi connectivity index (χ2n) is 5.95. The van der Waals surface area contributed by atoms with Crippen molar-refractivity contribution in [3.05, 3.63) is 34.4 Å². The van der Waals surface area contributed by atoms with Crippen molar-refractivity contribution < 1.29 is 4.79 Å². The van der Waals surface area contributed by atoms with Crippen LogP contribution in [0.15, 0.2) is 12.1 Å². The number of rotatable bonds is 4. The van der Waals surface area contributed by atoms with Crippen molar-refractivity contribution in [3.8, 4) is 0 Å². The zero-order valence-electron chi connectivity index (χ0n) is 13.6. The highest BCUT2D eigenvalue weighted by Gasteiger charge is 2.28. The van der Waals surface area contributed by atoms with Crippen molar-refractivity contribution in [2.75, 3.05) is 26.2 Å². The highest BCUT2D eigenvalue weighted by molar-refractivity contribution is 5.82. The van der Waals surface area contributed by atoms with E-state index < -0.39 is 0 Å². The number of hydrogen-bond donors (Lipinski definition) is 2. The zero-order chi connectivity index (χ0) is 15.4. The molecule has 1 aromatic rings. The quantitative estimate of drug-likeness (QED) is 0.883. The molecule has 1 unspecified atom stereocenters. The van der Waals surface area contributed by atoms with Crippen molar-refractivity contribution >= 4 is 5.91 Å². The Morgan fingerprint density at radius 1 is 1.29 bits per heavy atom. The number of piperazine rings is 1. The molecule has 4 heteroatoms. The number of carbonyl (C=O) groups excluding carboxylic acids is 1. The monoisotopic (exact) mass is 289 g/mol. The lowest BCUT2D eigenvalue weighted by Crippen LogP contribution is -2.57. The maximum absolute atomic E-state index is 12.2. The number of benzene rings is 1. The Balaban J connectivity index is 2.15. The molecule has 116 valence electrons. The van der Waals surface area contributed by atoms with Crippen LogP contribution in [0.3, 0.4) is 0 Å². The molecule has 1 atom stereocenters. The van der Waals surface area contributed by atoms with Gasteiger partial charge in [-0.1, -0.05) is 12.1 Å². The van der Waals surface area contributed by atoms with E-state index in [0.717, 1.165) is 26.2 Å². The maximum atomic E-state index is 12.2. The van der Waals surface area contributed by atoms with Crippen molar-refractivity contribution in [1.29, 1.82) is 0 Å². The first-order valence-corrected chi connectivity index (χ1v) is 7.82. The molecule has 0 spiro atoms. The second-order valence-corrected chi connectivity index (χ2v) is 5.95. The van der Waals surface area contributed by atoms with Crippen LogP contribution in [-0.4, -0.2) is 43.0 Å². The summed E-state index contributed by atoms with van der Waals surface area (Å²) in [6, 6.07) is 4.44. The number of hydrogen-bond acceptors (Lipinski definition) is 3. The fourth-order valence-electron chi connectivity index (χ4n) is 2.90. The standard InChI is InChI=1S/C17H27N3O/c1-5-19-17(21)16-10-18-6-7-20(16)11-15-9-13(3)12(2)8-14(15)4/h8-9,16,18H,5-7,10-11H2,1-4H3,(H,19,21). The molecule has 0 radical (unpaired) electrons. The number of aryl methyl sites for hydroxylation is 3. The maximum Gasteiger partial charge on any atom is 0.238 e. The smallest absolute Gasteiger partial charge is 0.238 e. The number of nitrogens with zero attached hydrogens (tertiary/aromatic N) is 1. The van der Waals surface area contributed by atoms with Crippen molar-refractivity contribution in [3.63, 3.8) is 0 Å². The molecule has 0 saturated carbocycles. The number of carbonyl (C=O) groups is 1. The summed E-state index contributed by atoms with van der Waals surface area (Å²) in [6.07, 6.45) is 0. The van der Waals surface area contributed by atoms with Crippen molar-refractivity contribution in [2.24, 2.45) is 0 Å². The van der Waals surface area contributed by atoms with Gasteiger partial charge in [-0.05, 0) is 49.9 Å². The fraction of sp³-hybridized carbons (Fsp3) is 0.588. The summed E-state index contributed by atoms with van der Waals surface area (Å²) >= 11 is 0. The Morgan fingerprint density at radius 3 is 2.71 bits per heavy atom. The van der Waals surface area contributed by atoms with Gasteiger partial charge in [-0.3, -0.25) is 9.69 Å². The summed E-state index contributed by atoms with van der Waals surface area (Å²) in [6.45, 7) is 12.5. The summed E-state index contributed by atoms with van der Waals surface area (Å²) < 4.78 is 0. The molecule has 1 amide bonds. The lowest BCUT2D eigenvalue weighted by molar-refractivity contribution is -0.127. The molecular formula is C17H27N3O. The minimum Gasteiger partial charge on any atom is -0.355 e. The molecule has 1 saturated heterocycles. The number of likely N-dealkylation sites (N-methyl/N-ethyl adjacent to an activating group) is 1. The summed E-state index contributed by atoms with van der Waals surface area (Å²) in [5.74, 6) is 0.131. The molecule has 1 heterocycles. The third kappa shape index (κ3) is 3.83. The van der Waals surface area contributed by atoms with Crippen LogP contribution in [0.4, 0.5) is 0 Å². The fourth-order valence-corrected chi connectivity index (χ4v) is 2.90. The molecule has 1 aliphatic heterocycles. The molecule has 1 fully saturated rings. The van der Waals surface area contributed by atoms with Gasteiger partial charge in [0.1, 0.15) is 6.04 Å².